The van der Waals surface area contributed by atoms with E-state index in [0.29, 0.717) is 0 Å². The Balaban J connectivity index is 1.25. The van der Waals surface area contributed by atoms with Gasteiger partial charge in [0.2, 0.25) is 0 Å². The lowest BCUT2D eigenvalue weighted by molar-refractivity contribution is 0.670. The summed E-state index contributed by atoms with van der Waals surface area (Å²) in [6, 6.07) is 47.9. The van der Waals surface area contributed by atoms with E-state index >= 15 is 0 Å². The van der Waals surface area contributed by atoms with Gasteiger partial charge in [0, 0.05) is 38.2 Å². The lowest BCUT2D eigenvalue weighted by atomic mass is 9.97. The second kappa shape index (κ2) is 9.33. The molecule has 200 valence electrons. The van der Waals surface area contributed by atoms with Gasteiger partial charge in [-0.2, -0.15) is 0 Å². The minimum atomic E-state index is 0.798. The van der Waals surface area contributed by atoms with E-state index in [1.165, 1.54) is 0 Å². The zero-order valence-electron chi connectivity index (χ0n) is 23.0. The highest BCUT2D eigenvalue weighted by molar-refractivity contribution is 6.15. The van der Waals surface area contributed by atoms with Crippen LogP contribution < -0.4 is 0 Å². The van der Waals surface area contributed by atoms with Crippen molar-refractivity contribution in [3.63, 3.8) is 0 Å². The second-order valence-electron chi connectivity index (χ2n) is 10.8. The Morgan fingerprint density at radius 3 is 1.81 bits per heavy atom. The molecular formula is C39H23N3O. The predicted octanol–water partition coefficient (Wildman–Crippen LogP) is 10.2. The molecule has 5 aromatic carbocycles. The molecule has 4 heterocycles. The standard InChI is InChI=1S/C39H23N3O/c1-2-9-24(10-3-1)31-21-19-25-17-18-26-20-22-32(41-37(26)36(25)40-31)27-11-8-12-28(23-27)35-29-13-4-6-15-33(29)42-38-30-14-5-7-16-34(30)43-39(35)38/h1-23H. The Kier molecular flexibility index (Phi) is 5.16. The number of aromatic nitrogens is 3. The molecule has 0 bridgehead atoms. The summed E-state index contributed by atoms with van der Waals surface area (Å²) >= 11 is 0. The number of pyridine rings is 3. The largest absolute Gasteiger partial charge is 0.454 e. The van der Waals surface area contributed by atoms with E-state index in [-0.39, 0.29) is 0 Å². The maximum atomic E-state index is 6.46. The number of hydrogen-bond acceptors (Lipinski definition) is 4. The second-order valence-corrected chi connectivity index (χ2v) is 10.8. The summed E-state index contributed by atoms with van der Waals surface area (Å²) in [6.07, 6.45) is 0. The van der Waals surface area contributed by atoms with Crippen LogP contribution in [0.5, 0.6) is 0 Å². The van der Waals surface area contributed by atoms with Crippen molar-refractivity contribution in [2.24, 2.45) is 0 Å². The summed E-state index contributed by atoms with van der Waals surface area (Å²) in [5.41, 5.74) is 11.3. The van der Waals surface area contributed by atoms with Gasteiger partial charge in [0.1, 0.15) is 11.1 Å². The van der Waals surface area contributed by atoms with Gasteiger partial charge in [-0.3, -0.25) is 0 Å². The number of furan rings is 1. The SMILES string of the molecule is c1ccc(-c2ccc3ccc4ccc(-c5cccc(-c6c7ccccc7nc7c6oc6ccccc67)c5)nc4c3n2)cc1. The summed E-state index contributed by atoms with van der Waals surface area (Å²) in [5.74, 6) is 0. The van der Waals surface area contributed by atoms with Gasteiger partial charge >= 0.3 is 0 Å². The first-order valence-electron chi connectivity index (χ1n) is 14.4. The highest BCUT2D eigenvalue weighted by atomic mass is 16.3. The molecule has 0 atom stereocenters. The van der Waals surface area contributed by atoms with Crippen molar-refractivity contribution in [1.82, 2.24) is 15.0 Å². The van der Waals surface area contributed by atoms with Crippen LogP contribution in [0.15, 0.2) is 144 Å². The molecule has 0 aliphatic heterocycles. The normalized spacial score (nSPS) is 11.7. The third-order valence-electron chi connectivity index (χ3n) is 8.24. The average molecular weight is 550 g/mol. The molecular weight excluding hydrogens is 526 g/mol. The number of para-hydroxylation sites is 2. The van der Waals surface area contributed by atoms with Crippen LogP contribution in [0.4, 0.5) is 0 Å². The van der Waals surface area contributed by atoms with Crippen LogP contribution >= 0.6 is 0 Å². The zero-order valence-corrected chi connectivity index (χ0v) is 23.0. The van der Waals surface area contributed by atoms with E-state index in [0.717, 1.165) is 88.4 Å². The lowest BCUT2D eigenvalue weighted by Crippen LogP contribution is -1.91. The number of nitrogens with zero attached hydrogens (tertiary/aromatic N) is 3. The van der Waals surface area contributed by atoms with Gasteiger partial charge in [0.15, 0.2) is 5.58 Å². The van der Waals surface area contributed by atoms with Crippen molar-refractivity contribution >= 4 is 54.8 Å². The van der Waals surface area contributed by atoms with E-state index in [1.54, 1.807) is 0 Å². The fourth-order valence-corrected chi connectivity index (χ4v) is 6.16. The smallest absolute Gasteiger partial charge is 0.162 e. The maximum absolute atomic E-state index is 6.46. The van der Waals surface area contributed by atoms with Crippen molar-refractivity contribution in [2.75, 3.05) is 0 Å². The van der Waals surface area contributed by atoms with Gasteiger partial charge in [-0.15, -0.1) is 0 Å². The third kappa shape index (κ3) is 3.81. The van der Waals surface area contributed by atoms with Crippen molar-refractivity contribution in [2.45, 2.75) is 0 Å². The first kappa shape index (κ1) is 23.8. The fourth-order valence-electron chi connectivity index (χ4n) is 6.16. The Hall–Kier alpha value is -5.87. The summed E-state index contributed by atoms with van der Waals surface area (Å²) in [7, 11) is 0. The summed E-state index contributed by atoms with van der Waals surface area (Å²) in [5, 5.41) is 4.21. The fraction of sp³-hybridized carbons (Fsp3) is 0. The minimum absolute atomic E-state index is 0.798. The van der Waals surface area contributed by atoms with Crippen molar-refractivity contribution < 1.29 is 4.42 Å². The van der Waals surface area contributed by atoms with Crippen LogP contribution in [0.25, 0.3) is 88.4 Å². The van der Waals surface area contributed by atoms with E-state index in [1.807, 2.05) is 42.5 Å². The molecule has 0 spiro atoms. The Labute approximate surface area is 246 Å². The van der Waals surface area contributed by atoms with Crippen LogP contribution in [0.2, 0.25) is 0 Å². The minimum Gasteiger partial charge on any atom is -0.454 e. The molecule has 0 saturated heterocycles. The molecule has 0 amide bonds. The van der Waals surface area contributed by atoms with Gasteiger partial charge in [0.25, 0.3) is 0 Å². The van der Waals surface area contributed by atoms with Crippen LogP contribution in [0, 0.1) is 0 Å². The molecule has 9 aromatic rings. The molecule has 0 aliphatic carbocycles. The van der Waals surface area contributed by atoms with Crippen molar-refractivity contribution in [3.05, 3.63) is 140 Å². The van der Waals surface area contributed by atoms with Crippen LogP contribution in [0.3, 0.4) is 0 Å². The van der Waals surface area contributed by atoms with E-state index < -0.39 is 0 Å². The molecule has 0 unspecified atom stereocenters. The summed E-state index contributed by atoms with van der Waals surface area (Å²) in [4.78, 5) is 15.3. The number of fused-ring (bicyclic) bond motifs is 7. The third-order valence-corrected chi connectivity index (χ3v) is 8.24. The Morgan fingerprint density at radius 1 is 0.419 bits per heavy atom. The van der Waals surface area contributed by atoms with Crippen molar-refractivity contribution in [3.8, 4) is 33.6 Å². The molecule has 4 aromatic heterocycles. The van der Waals surface area contributed by atoms with Gasteiger partial charge in [0.05, 0.1) is 27.9 Å². The predicted molar refractivity (Wildman–Crippen MR) is 176 cm³/mol. The van der Waals surface area contributed by atoms with E-state index in [4.69, 9.17) is 19.4 Å². The summed E-state index contributed by atoms with van der Waals surface area (Å²) < 4.78 is 6.46. The first-order valence-corrected chi connectivity index (χ1v) is 14.4. The Morgan fingerprint density at radius 2 is 1.02 bits per heavy atom. The van der Waals surface area contributed by atoms with E-state index in [9.17, 15) is 0 Å². The topological polar surface area (TPSA) is 51.8 Å². The monoisotopic (exact) mass is 549 g/mol. The molecule has 0 aliphatic rings. The quantitative estimate of drug-likeness (QED) is 0.206. The molecule has 0 radical (unpaired) electrons. The molecule has 0 saturated carbocycles. The van der Waals surface area contributed by atoms with E-state index in [2.05, 4.69) is 97.1 Å². The Bertz CT molecular complexity index is 2510. The number of benzene rings is 5. The van der Waals surface area contributed by atoms with Gasteiger partial charge in [-0.1, -0.05) is 103 Å². The molecule has 9 rings (SSSR count). The van der Waals surface area contributed by atoms with Gasteiger partial charge in [-0.05, 0) is 42.0 Å². The van der Waals surface area contributed by atoms with Gasteiger partial charge < -0.3 is 4.42 Å². The van der Waals surface area contributed by atoms with Crippen LogP contribution in [-0.2, 0) is 0 Å². The molecule has 0 fully saturated rings. The molecule has 43 heavy (non-hydrogen) atoms. The van der Waals surface area contributed by atoms with Crippen LogP contribution in [-0.4, -0.2) is 15.0 Å². The molecule has 0 N–H and O–H groups in total. The average Bonchev–Trinajstić information content (AvgIpc) is 3.45. The lowest BCUT2D eigenvalue weighted by Gasteiger charge is -2.11. The number of hydrogen-bond donors (Lipinski definition) is 0. The molecule has 4 nitrogen and oxygen atoms in total. The highest BCUT2D eigenvalue weighted by Crippen LogP contribution is 2.40. The van der Waals surface area contributed by atoms with Crippen molar-refractivity contribution in [1.29, 1.82) is 0 Å². The van der Waals surface area contributed by atoms with Crippen LogP contribution in [0.1, 0.15) is 0 Å². The first-order chi connectivity index (χ1) is 21.3. The van der Waals surface area contributed by atoms with Gasteiger partial charge in [-0.25, -0.2) is 15.0 Å². The number of rotatable bonds is 3. The maximum Gasteiger partial charge on any atom is 0.162 e. The summed E-state index contributed by atoms with van der Waals surface area (Å²) in [6.45, 7) is 0. The zero-order chi connectivity index (χ0) is 28.3. The molecule has 4 heteroatoms. The highest BCUT2D eigenvalue weighted by Gasteiger charge is 2.18.